The van der Waals surface area contributed by atoms with Gasteiger partial charge in [-0.05, 0) is 24.1 Å². The second-order valence-electron chi connectivity index (χ2n) is 7.86. The molecule has 0 bridgehead atoms. The number of carbonyl (C=O) groups excluding carboxylic acids is 2. The van der Waals surface area contributed by atoms with Gasteiger partial charge in [-0.3, -0.25) is 19.9 Å². The lowest BCUT2D eigenvalue weighted by Gasteiger charge is -2.34. The number of urea groups is 1. The van der Waals surface area contributed by atoms with E-state index in [9.17, 15) is 18.0 Å². The van der Waals surface area contributed by atoms with Crippen molar-refractivity contribution >= 4 is 21.8 Å². The van der Waals surface area contributed by atoms with Crippen LogP contribution in [0.1, 0.15) is 12.0 Å². The summed E-state index contributed by atoms with van der Waals surface area (Å²) in [4.78, 5) is 28.4. The minimum absolute atomic E-state index is 0.0695. The highest BCUT2D eigenvalue weighted by molar-refractivity contribution is 7.91. The number of hydrogen-bond donors (Lipinski definition) is 2. The molecule has 0 saturated carbocycles. The highest BCUT2D eigenvalue weighted by atomic mass is 32.2. The molecule has 30 heavy (non-hydrogen) atoms. The monoisotopic (exact) mass is 438 g/mol. The predicted octanol–water partition coefficient (Wildman–Crippen LogP) is -0.454. The average Bonchev–Trinajstić information content (AvgIpc) is 3.28. The van der Waals surface area contributed by atoms with Crippen LogP contribution in [0.3, 0.4) is 0 Å². The number of piperazine rings is 1. The first kappa shape index (κ1) is 20.9. The summed E-state index contributed by atoms with van der Waals surface area (Å²) >= 11 is 0. The van der Waals surface area contributed by atoms with E-state index in [0.29, 0.717) is 6.42 Å². The summed E-state index contributed by atoms with van der Waals surface area (Å²) < 4.78 is 33.6. The van der Waals surface area contributed by atoms with Crippen LogP contribution in [0.4, 0.5) is 4.79 Å². The van der Waals surface area contributed by atoms with Gasteiger partial charge < -0.3 is 14.8 Å². The van der Waals surface area contributed by atoms with Crippen LogP contribution < -0.4 is 20.1 Å². The number of fused-ring (bicyclic) bond motifs is 1. The Morgan fingerprint density at radius 3 is 2.53 bits per heavy atom. The number of nitrogens with one attached hydrogen (secondary N) is 2. The van der Waals surface area contributed by atoms with Gasteiger partial charge in [-0.15, -0.1) is 0 Å². The highest BCUT2D eigenvalue weighted by Gasteiger charge is 2.29. The lowest BCUT2D eigenvalue weighted by atomic mass is 10.1. The van der Waals surface area contributed by atoms with E-state index in [1.165, 1.54) is 0 Å². The van der Waals surface area contributed by atoms with Crippen LogP contribution >= 0.6 is 0 Å². The molecule has 1 aromatic rings. The van der Waals surface area contributed by atoms with Gasteiger partial charge in [0.1, 0.15) is 0 Å². The van der Waals surface area contributed by atoms with Crippen molar-refractivity contribution in [1.82, 2.24) is 20.4 Å². The van der Waals surface area contributed by atoms with Gasteiger partial charge in [-0.2, -0.15) is 0 Å². The van der Waals surface area contributed by atoms with E-state index >= 15 is 0 Å². The van der Waals surface area contributed by atoms with Gasteiger partial charge in [0, 0.05) is 38.8 Å². The maximum atomic E-state index is 12.1. The Bertz CT molecular complexity index is 914. The maximum Gasteiger partial charge on any atom is 0.321 e. The first-order chi connectivity index (χ1) is 14.4. The molecule has 1 atom stereocenters. The largest absolute Gasteiger partial charge is 0.454 e. The van der Waals surface area contributed by atoms with Gasteiger partial charge in [0.2, 0.25) is 12.7 Å². The zero-order valence-electron chi connectivity index (χ0n) is 16.6. The molecule has 0 aromatic heterocycles. The molecule has 4 rings (SSSR count). The van der Waals surface area contributed by atoms with Crippen LogP contribution in [0.25, 0.3) is 0 Å². The third-order valence-corrected chi connectivity index (χ3v) is 7.26. The minimum Gasteiger partial charge on any atom is -0.454 e. The summed E-state index contributed by atoms with van der Waals surface area (Å²) in [5.41, 5.74) is 1.15. The number of hydrogen-bond acceptors (Lipinski definition) is 8. The molecular formula is C19H26N4O6S. The normalized spacial score (nSPS) is 23.3. The van der Waals surface area contributed by atoms with Crippen LogP contribution in [0.15, 0.2) is 18.2 Å². The molecule has 2 fully saturated rings. The quantitative estimate of drug-likeness (QED) is 0.635. The van der Waals surface area contributed by atoms with Gasteiger partial charge in [0.05, 0.1) is 18.1 Å². The summed E-state index contributed by atoms with van der Waals surface area (Å²) in [6, 6.07) is 4.88. The predicted molar refractivity (Wildman–Crippen MR) is 108 cm³/mol. The smallest absolute Gasteiger partial charge is 0.321 e. The topological polar surface area (TPSA) is 117 Å². The van der Waals surface area contributed by atoms with Crippen molar-refractivity contribution in [3.05, 3.63) is 23.8 Å². The Kier molecular flexibility index (Phi) is 6.11. The zero-order chi connectivity index (χ0) is 21.1. The number of nitrogens with zero attached hydrogens (tertiary/aromatic N) is 2. The van der Waals surface area contributed by atoms with Gasteiger partial charge >= 0.3 is 6.03 Å². The van der Waals surface area contributed by atoms with Crippen molar-refractivity contribution in [2.45, 2.75) is 19.0 Å². The molecule has 164 valence electrons. The van der Waals surface area contributed by atoms with Crippen LogP contribution in [0.2, 0.25) is 0 Å². The number of carbonyl (C=O) groups is 2. The Morgan fingerprint density at radius 2 is 1.80 bits per heavy atom. The number of ether oxygens (including phenoxy) is 2. The van der Waals surface area contributed by atoms with E-state index in [1.54, 1.807) is 0 Å². The molecule has 3 aliphatic rings. The van der Waals surface area contributed by atoms with Crippen molar-refractivity contribution < 1.29 is 27.5 Å². The molecule has 0 unspecified atom stereocenters. The average molecular weight is 439 g/mol. The van der Waals surface area contributed by atoms with E-state index in [4.69, 9.17) is 9.47 Å². The fraction of sp³-hybridized carbons (Fsp3) is 0.579. The number of rotatable bonds is 5. The van der Waals surface area contributed by atoms with Gasteiger partial charge in [-0.25, -0.2) is 13.2 Å². The van der Waals surface area contributed by atoms with Gasteiger partial charge in [-0.1, -0.05) is 6.07 Å². The molecule has 2 saturated heterocycles. The van der Waals surface area contributed by atoms with Crippen molar-refractivity contribution in [1.29, 1.82) is 0 Å². The fourth-order valence-electron chi connectivity index (χ4n) is 3.90. The minimum atomic E-state index is -3.08. The summed E-state index contributed by atoms with van der Waals surface area (Å²) in [7, 11) is -3.08. The number of benzene rings is 1. The van der Waals surface area contributed by atoms with E-state index < -0.39 is 27.8 Å². The van der Waals surface area contributed by atoms with E-state index in [0.717, 1.165) is 49.8 Å². The van der Waals surface area contributed by atoms with Crippen molar-refractivity contribution in [2.75, 3.05) is 51.0 Å². The second-order valence-corrected chi connectivity index (χ2v) is 10.1. The van der Waals surface area contributed by atoms with Gasteiger partial charge in [0.25, 0.3) is 0 Å². The molecule has 10 nitrogen and oxygen atoms in total. The third-order valence-electron chi connectivity index (χ3n) is 5.50. The Morgan fingerprint density at radius 1 is 1.07 bits per heavy atom. The summed E-state index contributed by atoms with van der Waals surface area (Å²) in [5.74, 6) is 1.16. The van der Waals surface area contributed by atoms with Gasteiger partial charge in [0.15, 0.2) is 21.3 Å². The standard InChI is InChI=1S/C19H26N4O6S/c24-18(21-19(25)20-15-3-8-30(26,27)12-15)11-23-6-4-22(5-7-23)10-14-1-2-16-17(9-14)29-13-28-16/h1-2,9,15H,3-8,10-13H2,(H2,20,21,24,25)/t15-/m1/s1. The lowest BCUT2D eigenvalue weighted by molar-refractivity contribution is -0.121. The Balaban J connectivity index is 1.16. The van der Waals surface area contributed by atoms with E-state index in [1.807, 2.05) is 23.1 Å². The first-order valence-electron chi connectivity index (χ1n) is 10.0. The van der Waals surface area contributed by atoms with Crippen molar-refractivity contribution in [2.24, 2.45) is 0 Å². The molecule has 3 amide bonds. The Hall–Kier alpha value is -2.37. The van der Waals surface area contributed by atoms with Crippen LogP contribution in [-0.2, 0) is 21.2 Å². The van der Waals surface area contributed by atoms with Crippen molar-refractivity contribution in [3.63, 3.8) is 0 Å². The SMILES string of the molecule is O=C(CN1CCN(Cc2ccc3c(c2)OCO3)CC1)NC(=O)N[C@@H]1CCS(=O)(=O)C1. The van der Waals surface area contributed by atoms with Crippen LogP contribution in [0, 0.1) is 0 Å². The molecular weight excluding hydrogens is 412 g/mol. The molecule has 0 radical (unpaired) electrons. The second kappa shape index (κ2) is 8.78. The summed E-state index contributed by atoms with van der Waals surface area (Å²) in [5, 5.41) is 4.85. The molecule has 1 aromatic carbocycles. The molecule has 3 aliphatic heterocycles. The zero-order valence-corrected chi connectivity index (χ0v) is 17.4. The molecule has 0 spiro atoms. The fourth-order valence-corrected chi connectivity index (χ4v) is 5.58. The number of amides is 3. The van der Waals surface area contributed by atoms with Crippen LogP contribution in [0.5, 0.6) is 11.5 Å². The van der Waals surface area contributed by atoms with E-state index in [-0.39, 0.29) is 24.8 Å². The molecule has 3 heterocycles. The van der Waals surface area contributed by atoms with Crippen molar-refractivity contribution in [3.8, 4) is 11.5 Å². The number of sulfone groups is 1. The molecule has 11 heteroatoms. The van der Waals surface area contributed by atoms with E-state index in [2.05, 4.69) is 15.5 Å². The maximum absolute atomic E-state index is 12.1. The summed E-state index contributed by atoms with van der Waals surface area (Å²) in [6.45, 7) is 4.26. The highest BCUT2D eigenvalue weighted by Crippen LogP contribution is 2.32. The summed E-state index contributed by atoms with van der Waals surface area (Å²) in [6.07, 6.45) is 0.384. The molecule has 0 aliphatic carbocycles. The number of imide groups is 1. The molecule has 2 N–H and O–H groups in total. The third kappa shape index (κ3) is 5.41. The van der Waals surface area contributed by atoms with Crippen LogP contribution in [-0.4, -0.2) is 87.2 Å². The Labute approximate surface area is 175 Å². The lowest BCUT2D eigenvalue weighted by Crippen LogP contribution is -2.51. The first-order valence-corrected chi connectivity index (χ1v) is 11.8.